The lowest BCUT2D eigenvalue weighted by Crippen LogP contribution is -2.40. The fourth-order valence-corrected chi connectivity index (χ4v) is 4.71. The van der Waals surface area contributed by atoms with E-state index in [2.05, 4.69) is 5.32 Å². The van der Waals surface area contributed by atoms with Gasteiger partial charge in [-0.3, -0.25) is 4.79 Å². The Bertz CT molecular complexity index is 1060. The number of rotatable bonds is 4. The highest BCUT2D eigenvalue weighted by molar-refractivity contribution is 7.89. The van der Waals surface area contributed by atoms with E-state index in [-0.39, 0.29) is 28.6 Å². The van der Waals surface area contributed by atoms with E-state index in [4.69, 9.17) is 21.6 Å². The van der Waals surface area contributed by atoms with Crippen molar-refractivity contribution in [3.05, 3.63) is 58.1 Å². The van der Waals surface area contributed by atoms with Crippen LogP contribution in [0.15, 0.2) is 41.3 Å². The number of morpholine rings is 1. The van der Waals surface area contributed by atoms with E-state index in [1.807, 2.05) is 6.07 Å². The number of halogens is 1. The van der Waals surface area contributed by atoms with Crippen LogP contribution in [0.1, 0.15) is 21.5 Å². The Kier molecular flexibility index (Phi) is 6.01. The van der Waals surface area contributed by atoms with Crippen LogP contribution in [-0.2, 0) is 14.8 Å². The zero-order valence-electron chi connectivity index (χ0n) is 15.1. The van der Waals surface area contributed by atoms with Gasteiger partial charge < -0.3 is 10.1 Å². The summed E-state index contributed by atoms with van der Waals surface area (Å²) in [5.74, 6) is -0.473. The number of amides is 1. The third-order valence-electron chi connectivity index (χ3n) is 4.39. The van der Waals surface area contributed by atoms with E-state index in [0.717, 1.165) is 0 Å². The molecule has 1 amide bonds. The van der Waals surface area contributed by atoms with Gasteiger partial charge in [-0.05, 0) is 42.8 Å². The summed E-state index contributed by atoms with van der Waals surface area (Å²) in [4.78, 5) is 12.7. The zero-order valence-corrected chi connectivity index (χ0v) is 16.7. The maximum absolute atomic E-state index is 12.9. The first-order valence-electron chi connectivity index (χ1n) is 8.52. The summed E-state index contributed by atoms with van der Waals surface area (Å²) >= 11 is 5.98. The average molecular weight is 420 g/mol. The van der Waals surface area contributed by atoms with Crippen molar-refractivity contribution < 1.29 is 17.9 Å². The van der Waals surface area contributed by atoms with Crippen molar-refractivity contribution in [2.24, 2.45) is 0 Å². The number of nitrogens with zero attached hydrogens (tertiary/aromatic N) is 2. The second kappa shape index (κ2) is 8.29. The topological polar surface area (TPSA) is 99.5 Å². The molecule has 1 fully saturated rings. The molecule has 2 aromatic rings. The number of hydrogen-bond donors (Lipinski definition) is 1. The number of nitriles is 1. The van der Waals surface area contributed by atoms with Crippen molar-refractivity contribution in [1.29, 1.82) is 5.26 Å². The molecule has 1 aliphatic heterocycles. The van der Waals surface area contributed by atoms with Crippen molar-refractivity contribution in [3.8, 4) is 6.07 Å². The highest BCUT2D eigenvalue weighted by atomic mass is 35.5. The number of aryl methyl sites for hydroxylation is 1. The van der Waals surface area contributed by atoms with Crippen LogP contribution in [0.3, 0.4) is 0 Å². The van der Waals surface area contributed by atoms with Crippen LogP contribution in [0.25, 0.3) is 0 Å². The molecule has 0 radical (unpaired) electrons. The van der Waals surface area contributed by atoms with Crippen LogP contribution in [0, 0.1) is 18.3 Å². The molecule has 28 heavy (non-hydrogen) atoms. The van der Waals surface area contributed by atoms with Gasteiger partial charge in [0.1, 0.15) is 6.07 Å². The molecule has 0 unspecified atom stereocenters. The quantitative estimate of drug-likeness (QED) is 0.821. The highest BCUT2D eigenvalue weighted by Crippen LogP contribution is 2.24. The van der Waals surface area contributed by atoms with Crippen molar-refractivity contribution >= 4 is 33.2 Å². The third-order valence-corrected chi connectivity index (χ3v) is 6.74. The Labute approximate surface area is 168 Å². The van der Waals surface area contributed by atoms with E-state index in [0.29, 0.717) is 30.0 Å². The molecule has 0 spiro atoms. The molecule has 1 aliphatic rings. The van der Waals surface area contributed by atoms with Crippen LogP contribution < -0.4 is 5.32 Å². The molecule has 1 saturated heterocycles. The number of benzene rings is 2. The van der Waals surface area contributed by atoms with Crippen LogP contribution >= 0.6 is 11.6 Å². The minimum atomic E-state index is -3.72. The average Bonchev–Trinajstić information content (AvgIpc) is 2.69. The SMILES string of the molecule is Cc1ccc(C(=O)Nc2ccc(C#N)c(Cl)c2)cc1S(=O)(=O)N1CCOCC1. The Balaban J connectivity index is 1.87. The van der Waals surface area contributed by atoms with Gasteiger partial charge in [0.15, 0.2) is 0 Å². The standard InChI is InChI=1S/C19H18ClN3O4S/c1-13-2-3-14(10-18(13)28(25,26)23-6-8-27-9-7-23)19(24)22-16-5-4-15(12-21)17(20)11-16/h2-5,10-11H,6-9H2,1H3,(H,22,24). The van der Waals surface area contributed by atoms with Gasteiger partial charge >= 0.3 is 0 Å². The largest absolute Gasteiger partial charge is 0.379 e. The van der Waals surface area contributed by atoms with Gasteiger partial charge in [-0.15, -0.1) is 0 Å². The van der Waals surface area contributed by atoms with Gasteiger partial charge in [0, 0.05) is 24.3 Å². The van der Waals surface area contributed by atoms with E-state index in [1.165, 1.54) is 22.5 Å². The van der Waals surface area contributed by atoms with Crippen molar-refractivity contribution in [2.45, 2.75) is 11.8 Å². The number of carbonyl (C=O) groups excluding carboxylic acids is 1. The summed E-state index contributed by atoms with van der Waals surface area (Å²) in [7, 11) is -3.72. The summed E-state index contributed by atoms with van der Waals surface area (Å²) in [6, 6.07) is 11.0. The predicted octanol–water partition coefficient (Wildman–Crippen LogP) is 2.79. The molecular formula is C19H18ClN3O4S. The summed E-state index contributed by atoms with van der Waals surface area (Å²) in [5, 5.41) is 11.8. The molecule has 7 nitrogen and oxygen atoms in total. The second-order valence-electron chi connectivity index (χ2n) is 6.26. The molecule has 3 rings (SSSR count). The molecule has 0 bridgehead atoms. The van der Waals surface area contributed by atoms with E-state index in [9.17, 15) is 13.2 Å². The highest BCUT2D eigenvalue weighted by Gasteiger charge is 2.28. The molecule has 0 atom stereocenters. The van der Waals surface area contributed by atoms with Gasteiger partial charge in [0.25, 0.3) is 5.91 Å². The second-order valence-corrected chi connectivity index (χ2v) is 8.57. The molecule has 0 saturated carbocycles. The first kappa shape index (κ1) is 20.3. The molecule has 1 heterocycles. The molecule has 0 aromatic heterocycles. The van der Waals surface area contributed by atoms with E-state index >= 15 is 0 Å². The Morgan fingerprint density at radius 3 is 2.57 bits per heavy atom. The first-order valence-corrected chi connectivity index (χ1v) is 10.3. The number of anilines is 1. The van der Waals surface area contributed by atoms with Gasteiger partial charge in [-0.2, -0.15) is 9.57 Å². The maximum Gasteiger partial charge on any atom is 0.255 e. The van der Waals surface area contributed by atoms with E-state index < -0.39 is 15.9 Å². The summed E-state index contributed by atoms with van der Waals surface area (Å²) < 4.78 is 32.5. The lowest BCUT2D eigenvalue weighted by Gasteiger charge is -2.26. The molecule has 146 valence electrons. The number of nitrogens with one attached hydrogen (secondary N) is 1. The minimum absolute atomic E-state index is 0.0971. The van der Waals surface area contributed by atoms with Crippen LogP contribution in [0.5, 0.6) is 0 Å². The fourth-order valence-electron chi connectivity index (χ4n) is 2.83. The molecule has 2 aromatic carbocycles. The zero-order chi connectivity index (χ0) is 20.3. The van der Waals surface area contributed by atoms with Crippen molar-refractivity contribution in [3.63, 3.8) is 0 Å². The number of ether oxygens (including phenoxy) is 1. The number of carbonyl (C=O) groups is 1. The Hall–Kier alpha value is -2.44. The first-order chi connectivity index (χ1) is 13.3. The maximum atomic E-state index is 12.9. The monoisotopic (exact) mass is 419 g/mol. The molecule has 1 N–H and O–H groups in total. The van der Waals surface area contributed by atoms with Gasteiger partial charge in [0.05, 0.1) is 28.7 Å². The number of hydrogen-bond acceptors (Lipinski definition) is 5. The van der Waals surface area contributed by atoms with Crippen molar-refractivity contribution in [2.75, 3.05) is 31.6 Å². The summed E-state index contributed by atoms with van der Waals surface area (Å²) in [6.45, 7) is 2.94. The smallest absolute Gasteiger partial charge is 0.255 e. The third kappa shape index (κ3) is 4.18. The molecular weight excluding hydrogens is 402 g/mol. The lowest BCUT2D eigenvalue weighted by molar-refractivity contribution is 0.0730. The van der Waals surface area contributed by atoms with Crippen LogP contribution in [-0.4, -0.2) is 44.9 Å². The molecule has 0 aliphatic carbocycles. The van der Waals surface area contributed by atoms with Crippen LogP contribution in [0.2, 0.25) is 5.02 Å². The predicted molar refractivity (Wildman–Crippen MR) is 105 cm³/mol. The van der Waals surface area contributed by atoms with Gasteiger partial charge in [-0.25, -0.2) is 8.42 Å². The normalized spacial score (nSPS) is 15.0. The van der Waals surface area contributed by atoms with Crippen LogP contribution in [0.4, 0.5) is 5.69 Å². The summed E-state index contributed by atoms with van der Waals surface area (Å²) in [6.07, 6.45) is 0. The Morgan fingerprint density at radius 1 is 1.21 bits per heavy atom. The summed E-state index contributed by atoms with van der Waals surface area (Å²) in [5.41, 5.74) is 1.48. The van der Waals surface area contributed by atoms with Gasteiger partial charge in [0.2, 0.25) is 10.0 Å². The molecule has 9 heteroatoms. The number of sulfonamides is 1. The lowest BCUT2D eigenvalue weighted by atomic mass is 10.1. The fraction of sp³-hybridized carbons (Fsp3) is 0.263. The minimum Gasteiger partial charge on any atom is -0.379 e. The van der Waals surface area contributed by atoms with Crippen molar-refractivity contribution in [1.82, 2.24) is 4.31 Å². The van der Waals surface area contributed by atoms with Gasteiger partial charge in [-0.1, -0.05) is 17.7 Å². The van der Waals surface area contributed by atoms with E-state index in [1.54, 1.807) is 25.1 Å². The Morgan fingerprint density at radius 2 is 1.93 bits per heavy atom.